The molecule has 0 spiro atoms. The monoisotopic (exact) mass is 289 g/mol. The Hall–Kier alpha value is -1.42. The topological polar surface area (TPSA) is 45.2 Å². The van der Waals surface area contributed by atoms with E-state index in [0.29, 0.717) is 5.92 Å². The van der Waals surface area contributed by atoms with Gasteiger partial charge in [-0.1, -0.05) is 13.8 Å². The number of amides is 1. The van der Waals surface area contributed by atoms with Crippen LogP contribution in [-0.2, 0) is 11.2 Å². The molecule has 4 nitrogen and oxygen atoms in total. The molecule has 0 radical (unpaired) electrons. The first kappa shape index (κ1) is 16.0. The third kappa shape index (κ3) is 4.03. The number of piperidine rings is 1. The number of likely N-dealkylation sites (N-methyl/N-ethyl adjacent to an activating group) is 1. The van der Waals surface area contributed by atoms with E-state index in [0.717, 1.165) is 32.5 Å². The molecule has 0 aromatic carbocycles. The van der Waals surface area contributed by atoms with Crippen LogP contribution in [0.2, 0.25) is 0 Å². The van der Waals surface area contributed by atoms with Gasteiger partial charge in [-0.15, -0.1) is 0 Å². The Morgan fingerprint density at radius 3 is 2.76 bits per heavy atom. The zero-order valence-corrected chi connectivity index (χ0v) is 13.4. The number of pyridine rings is 1. The molecular formula is C17H27N3O. The molecule has 1 N–H and O–H groups in total. The third-order valence-electron chi connectivity index (χ3n) is 4.70. The van der Waals surface area contributed by atoms with Gasteiger partial charge in [0.15, 0.2) is 0 Å². The molecule has 1 fully saturated rings. The molecule has 2 heterocycles. The largest absolute Gasteiger partial charge is 0.345 e. The van der Waals surface area contributed by atoms with Gasteiger partial charge in [-0.2, -0.15) is 0 Å². The number of nitrogens with one attached hydrogen (secondary N) is 1. The highest BCUT2D eigenvalue weighted by Gasteiger charge is 2.38. The van der Waals surface area contributed by atoms with E-state index in [1.165, 1.54) is 12.0 Å². The predicted molar refractivity (Wildman–Crippen MR) is 85.0 cm³/mol. The third-order valence-corrected chi connectivity index (χ3v) is 4.70. The van der Waals surface area contributed by atoms with Gasteiger partial charge < -0.3 is 10.2 Å². The molecule has 0 saturated carbocycles. The molecule has 4 heteroatoms. The molecular weight excluding hydrogens is 262 g/mol. The Balaban J connectivity index is 1.91. The predicted octanol–water partition coefficient (Wildman–Crippen LogP) is 2.11. The van der Waals surface area contributed by atoms with Crippen LogP contribution >= 0.6 is 0 Å². The number of rotatable bonds is 5. The Bertz CT molecular complexity index is 452. The van der Waals surface area contributed by atoms with Crippen LogP contribution in [-0.4, -0.2) is 42.5 Å². The summed E-state index contributed by atoms with van der Waals surface area (Å²) in [6, 6.07) is 4.02. The summed E-state index contributed by atoms with van der Waals surface area (Å²) in [7, 11) is 1.92. The fourth-order valence-electron chi connectivity index (χ4n) is 3.08. The number of carbonyl (C=O) groups excluding carboxylic acids is 1. The van der Waals surface area contributed by atoms with Crippen molar-refractivity contribution in [2.24, 2.45) is 11.3 Å². The molecule has 116 valence electrons. The quantitative estimate of drug-likeness (QED) is 0.903. The Morgan fingerprint density at radius 1 is 1.43 bits per heavy atom. The van der Waals surface area contributed by atoms with Crippen LogP contribution in [0.5, 0.6) is 0 Å². The average Bonchev–Trinajstić information content (AvgIpc) is 2.53. The fraction of sp³-hybridized carbons (Fsp3) is 0.647. The second-order valence-electron chi connectivity index (χ2n) is 6.60. The zero-order valence-electron chi connectivity index (χ0n) is 13.4. The van der Waals surface area contributed by atoms with E-state index in [1.807, 2.05) is 24.1 Å². The van der Waals surface area contributed by atoms with Crippen LogP contribution in [0.25, 0.3) is 0 Å². The van der Waals surface area contributed by atoms with E-state index in [1.54, 1.807) is 12.4 Å². The van der Waals surface area contributed by atoms with Crippen LogP contribution in [0, 0.1) is 11.3 Å². The highest BCUT2D eigenvalue weighted by atomic mass is 16.2. The lowest BCUT2D eigenvalue weighted by Crippen LogP contribution is -2.48. The van der Waals surface area contributed by atoms with Crippen LogP contribution in [0.4, 0.5) is 0 Å². The second kappa shape index (κ2) is 7.03. The van der Waals surface area contributed by atoms with Gasteiger partial charge in [0.25, 0.3) is 0 Å². The number of hydrogen-bond acceptors (Lipinski definition) is 3. The molecule has 2 rings (SSSR count). The molecule has 0 aliphatic carbocycles. The van der Waals surface area contributed by atoms with Gasteiger partial charge in [0.05, 0.1) is 0 Å². The highest BCUT2D eigenvalue weighted by Crippen LogP contribution is 2.33. The van der Waals surface area contributed by atoms with Gasteiger partial charge in [-0.25, -0.2) is 0 Å². The van der Waals surface area contributed by atoms with Crippen molar-refractivity contribution in [3.8, 4) is 0 Å². The summed E-state index contributed by atoms with van der Waals surface area (Å²) < 4.78 is 0. The number of hydrogen-bond donors (Lipinski definition) is 1. The van der Waals surface area contributed by atoms with Crippen molar-refractivity contribution in [2.75, 3.05) is 26.7 Å². The zero-order chi connectivity index (χ0) is 15.3. The van der Waals surface area contributed by atoms with Gasteiger partial charge in [0, 0.05) is 31.4 Å². The van der Waals surface area contributed by atoms with Crippen LogP contribution in [0.3, 0.4) is 0 Å². The number of nitrogens with zero attached hydrogens (tertiary/aromatic N) is 2. The molecule has 21 heavy (non-hydrogen) atoms. The van der Waals surface area contributed by atoms with Gasteiger partial charge >= 0.3 is 0 Å². The normalized spacial score (nSPS) is 19.3. The highest BCUT2D eigenvalue weighted by molar-refractivity contribution is 5.82. The van der Waals surface area contributed by atoms with E-state index in [-0.39, 0.29) is 11.3 Å². The molecule has 1 aromatic rings. The summed E-state index contributed by atoms with van der Waals surface area (Å²) in [6.07, 6.45) is 6.79. The Morgan fingerprint density at radius 2 is 2.14 bits per heavy atom. The van der Waals surface area contributed by atoms with E-state index < -0.39 is 0 Å². The van der Waals surface area contributed by atoms with Crippen molar-refractivity contribution >= 4 is 5.91 Å². The molecule has 1 atom stereocenters. The van der Waals surface area contributed by atoms with E-state index >= 15 is 0 Å². The molecule has 1 aromatic heterocycles. The maximum atomic E-state index is 12.8. The minimum Gasteiger partial charge on any atom is -0.345 e. The van der Waals surface area contributed by atoms with E-state index in [2.05, 4.69) is 24.1 Å². The molecule has 0 bridgehead atoms. The SMILES string of the molecule is CN(CCc1ccncc1)C(=O)C(C)(C)C1CCCNC1. The van der Waals surface area contributed by atoms with Crippen LogP contribution in [0.1, 0.15) is 32.3 Å². The number of carbonyl (C=O) groups is 1. The van der Waals surface area contributed by atoms with Gasteiger partial charge in [0.1, 0.15) is 0 Å². The molecule has 1 amide bonds. The summed E-state index contributed by atoms with van der Waals surface area (Å²) in [5, 5.41) is 3.41. The Kier molecular flexibility index (Phi) is 5.34. The van der Waals surface area contributed by atoms with Crippen LogP contribution < -0.4 is 5.32 Å². The maximum Gasteiger partial charge on any atom is 0.228 e. The molecule has 1 unspecified atom stereocenters. The van der Waals surface area contributed by atoms with Gasteiger partial charge in [-0.3, -0.25) is 9.78 Å². The Labute approximate surface area is 127 Å². The minimum absolute atomic E-state index is 0.255. The van der Waals surface area contributed by atoms with Crippen LogP contribution in [0.15, 0.2) is 24.5 Å². The smallest absolute Gasteiger partial charge is 0.228 e. The summed E-state index contributed by atoms with van der Waals surface area (Å²) >= 11 is 0. The second-order valence-corrected chi connectivity index (χ2v) is 6.60. The summed E-state index contributed by atoms with van der Waals surface area (Å²) in [4.78, 5) is 18.7. The van der Waals surface area contributed by atoms with E-state index in [4.69, 9.17) is 0 Å². The van der Waals surface area contributed by atoms with Crippen molar-refractivity contribution < 1.29 is 4.79 Å². The van der Waals surface area contributed by atoms with Crippen molar-refractivity contribution in [2.45, 2.75) is 33.1 Å². The first-order valence-electron chi connectivity index (χ1n) is 7.87. The molecule has 1 aliphatic rings. The summed E-state index contributed by atoms with van der Waals surface area (Å²) in [6.45, 7) is 6.98. The minimum atomic E-state index is -0.291. The number of aromatic nitrogens is 1. The van der Waals surface area contributed by atoms with Crippen molar-refractivity contribution in [3.63, 3.8) is 0 Å². The molecule has 1 aliphatic heterocycles. The van der Waals surface area contributed by atoms with Crippen molar-refractivity contribution in [1.82, 2.24) is 15.2 Å². The van der Waals surface area contributed by atoms with Crippen molar-refractivity contribution in [3.05, 3.63) is 30.1 Å². The van der Waals surface area contributed by atoms with Gasteiger partial charge in [0.2, 0.25) is 5.91 Å². The average molecular weight is 289 g/mol. The summed E-state index contributed by atoms with van der Waals surface area (Å²) in [5.41, 5.74) is 0.933. The lowest BCUT2D eigenvalue weighted by atomic mass is 9.74. The van der Waals surface area contributed by atoms with Crippen molar-refractivity contribution in [1.29, 1.82) is 0 Å². The summed E-state index contributed by atoms with van der Waals surface area (Å²) in [5.74, 6) is 0.687. The standard InChI is InChI=1S/C17H27N3O/c1-17(2,15-5-4-9-19-13-15)16(21)20(3)12-8-14-6-10-18-11-7-14/h6-7,10-11,15,19H,4-5,8-9,12-13H2,1-3H3. The lowest BCUT2D eigenvalue weighted by Gasteiger charge is -2.38. The van der Waals surface area contributed by atoms with Gasteiger partial charge in [-0.05, 0) is 56.0 Å². The molecule has 1 saturated heterocycles. The first-order chi connectivity index (χ1) is 10.0. The van der Waals surface area contributed by atoms with E-state index in [9.17, 15) is 4.79 Å². The lowest BCUT2D eigenvalue weighted by molar-refractivity contribution is -0.142. The maximum absolute atomic E-state index is 12.8. The fourth-order valence-corrected chi connectivity index (χ4v) is 3.08. The first-order valence-corrected chi connectivity index (χ1v) is 7.87.